The number of ether oxygens (including phenoxy) is 9. The molecule has 11 atom stereocenters. The van der Waals surface area contributed by atoms with Crippen molar-refractivity contribution in [3.05, 3.63) is 107 Å². The summed E-state index contributed by atoms with van der Waals surface area (Å²) in [5.41, 5.74) is 10.5. The van der Waals surface area contributed by atoms with Crippen molar-refractivity contribution in [3.63, 3.8) is 0 Å². The van der Waals surface area contributed by atoms with Crippen LogP contribution in [0.1, 0.15) is 73.2 Å². The third-order valence-corrected chi connectivity index (χ3v) is 16.2. The number of ketones is 1. The molecule has 65 heavy (non-hydrogen) atoms. The minimum absolute atomic E-state index is 0.0936. The van der Waals surface area contributed by atoms with Gasteiger partial charge in [0, 0.05) is 37.7 Å². The Morgan fingerprint density at radius 3 is 1.80 bits per heavy atom. The van der Waals surface area contributed by atoms with E-state index in [4.69, 9.17) is 47.1 Å². The fraction of sp³-hybridized carbons (Fsp3) is 0.500. The molecule has 6 rings (SSSR count). The topological polar surface area (TPSA) is 226 Å². The SMILES string of the molecule is CC(=O)CCC(=O)O[C@H]1[C@@H](OC(C)=O)[C@@H](CO[Si](c2ccccc2)(c2ccccc2)C(C)(C)C)O[C@@H](O[C@@H]2[C@@H](N=[N+]=[N-])[C@H](OC(C)=O)O[C@@H]3CO[C@@H](c4ccccc4)O[C@@H]23)[C@@H]1OC(C)=O. The second-order valence-corrected chi connectivity index (χ2v) is 21.3. The van der Waals surface area contributed by atoms with Crippen LogP contribution < -0.4 is 10.4 Å². The Morgan fingerprint density at radius 2 is 1.26 bits per heavy atom. The van der Waals surface area contributed by atoms with E-state index in [1.165, 1.54) is 6.92 Å². The van der Waals surface area contributed by atoms with Crippen LogP contribution in [0.2, 0.25) is 5.04 Å². The molecule has 0 bridgehead atoms. The fourth-order valence-corrected chi connectivity index (χ4v) is 13.0. The Bertz CT molecular complexity index is 2130. The molecular formula is C46H55N3O15Si. The van der Waals surface area contributed by atoms with E-state index in [2.05, 4.69) is 30.8 Å². The highest BCUT2D eigenvalue weighted by Gasteiger charge is 2.59. The lowest BCUT2D eigenvalue weighted by atomic mass is 9.94. The number of hydrogen-bond donors (Lipinski definition) is 0. The average Bonchev–Trinajstić information content (AvgIpc) is 3.26. The summed E-state index contributed by atoms with van der Waals surface area (Å²) in [6, 6.07) is 27.0. The number of azide groups is 1. The molecule has 3 aliphatic heterocycles. The van der Waals surface area contributed by atoms with Crippen LogP contribution in [-0.2, 0) is 71.0 Å². The Labute approximate surface area is 377 Å². The van der Waals surface area contributed by atoms with E-state index in [9.17, 15) is 29.5 Å². The third kappa shape index (κ3) is 11.7. The molecule has 0 aromatic heterocycles. The Hall–Kier alpha value is -5.50. The number of benzene rings is 3. The zero-order valence-corrected chi connectivity index (χ0v) is 38.3. The fourth-order valence-electron chi connectivity index (χ4n) is 8.46. The molecule has 0 amide bonds. The maximum atomic E-state index is 13.6. The predicted octanol–water partition coefficient (Wildman–Crippen LogP) is 4.90. The molecule has 0 N–H and O–H groups in total. The molecule has 19 heteroatoms. The van der Waals surface area contributed by atoms with Crippen molar-refractivity contribution in [3.8, 4) is 0 Å². The van der Waals surface area contributed by atoms with Crippen molar-refractivity contribution in [2.75, 3.05) is 13.2 Å². The summed E-state index contributed by atoms with van der Waals surface area (Å²) in [4.78, 5) is 67.1. The van der Waals surface area contributed by atoms with Crippen LogP contribution in [0.15, 0.2) is 96.1 Å². The second kappa shape index (κ2) is 21.7. The highest BCUT2D eigenvalue weighted by atomic mass is 28.4. The zero-order valence-electron chi connectivity index (χ0n) is 37.3. The molecule has 0 radical (unpaired) electrons. The van der Waals surface area contributed by atoms with Crippen LogP contribution in [0.25, 0.3) is 10.4 Å². The summed E-state index contributed by atoms with van der Waals surface area (Å²) in [6.07, 6.45) is -14.3. The molecule has 0 unspecified atom stereocenters. The van der Waals surface area contributed by atoms with E-state index in [1.54, 1.807) is 24.3 Å². The molecular weight excluding hydrogens is 863 g/mol. The normalized spacial score (nSPS) is 27.8. The number of rotatable bonds is 16. The number of carbonyl (C=O) groups is 5. The van der Waals surface area contributed by atoms with Crippen molar-refractivity contribution >= 4 is 48.4 Å². The molecule has 3 aromatic carbocycles. The maximum absolute atomic E-state index is 13.6. The Kier molecular flexibility index (Phi) is 16.3. The first-order valence-corrected chi connectivity index (χ1v) is 23.2. The smallest absolute Gasteiger partial charge is 0.306 e. The lowest BCUT2D eigenvalue weighted by molar-refractivity contribution is -0.373. The van der Waals surface area contributed by atoms with E-state index in [-0.39, 0.29) is 31.8 Å². The number of esters is 4. The summed E-state index contributed by atoms with van der Waals surface area (Å²) >= 11 is 0. The molecule has 3 aromatic rings. The second-order valence-electron chi connectivity index (χ2n) is 16.9. The van der Waals surface area contributed by atoms with E-state index < -0.39 is 105 Å². The molecule has 0 saturated carbocycles. The van der Waals surface area contributed by atoms with Gasteiger partial charge in [-0.25, -0.2) is 0 Å². The van der Waals surface area contributed by atoms with Crippen LogP contribution >= 0.6 is 0 Å². The quantitative estimate of drug-likeness (QED) is 0.0465. The Balaban J connectivity index is 1.48. The van der Waals surface area contributed by atoms with Gasteiger partial charge in [-0.1, -0.05) is 117 Å². The van der Waals surface area contributed by atoms with Crippen LogP contribution in [0.4, 0.5) is 0 Å². The highest BCUT2D eigenvalue weighted by Crippen LogP contribution is 2.41. The average molecular weight is 918 g/mol. The zero-order chi connectivity index (χ0) is 46.9. The van der Waals surface area contributed by atoms with E-state index in [0.717, 1.165) is 31.1 Å². The number of carbonyl (C=O) groups excluding carboxylic acids is 5. The molecule has 3 saturated heterocycles. The van der Waals surface area contributed by atoms with Gasteiger partial charge in [-0.05, 0) is 27.9 Å². The van der Waals surface area contributed by atoms with Crippen LogP contribution in [-0.4, -0.2) is 113 Å². The van der Waals surface area contributed by atoms with E-state index >= 15 is 0 Å². The third-order valence-electron chi connectivity index (χ3n) is 11.2. The Morgan fingerprint density at radius 1 is 0.692 bits per heavy atom. The van der Waals surface area contributed by atoms with Gasteiger partial charge in [0.2, 0.25) is 6.29 Å². The summed E-state index contributed by atoms with van der Waals surface area (Å²) in [7, 11) is -3.35. The van der Waals surface area contributed by atoms with Gasteiger partial charge < -0.3 is 51.9 Å². The van der Waals surface area contributed by atoms with Gasteiger partial charge in [0.15, 0.2) is 30.9 Å². The largest absolute Gasteiger partial charge is 0.456 e. The van der Waals surface area contributed by atoms with Gasteiger partial charge in [-0.15, -0.1) is 0 Å². The molecule has 3 aliphatic rings. The lowest BCUT2D eigenvalue weighted by Gasteiger charge is -2.51. The van der Waals surface area contributed by atoms with Gasteiger partial charge in [0.1, 0.15) is 36.2 Å². The number of hydrogen-bond acceptors (Lipinski definition) is 16. The summed E-state index contributed by atoms with van der Waals surface area (Å²) in [6.45, 7) is 10.6. The molecule has 348 valence electrons. The first kappa shape index (κ1) is 48.9. The molecule has 0 aliphatic carbocycles. The maximum Gasteiger partial charge on any atom is 0.306 e. The molecule has 3 fully saturated rings. The minimum atomic E-state index is -3.35. The van der Waals surface area contributed by atoms with Crippen LogP contribution in [0.5, 0.6) is 0 Å². The van der Waals surface area contributed by atoms with E-state index in [0.29, 0.717) is 5.56 Å². The monoisotopic (exact) mass is 917 g/mol. The molecule has 3 heterocycles. The summed E-state index contributed by atoms with van der Waals surface area (Å²) in [5, 5.41) is 5.26. The number of Topliss-reactive ketones (excluding diaryl/α,β-unsaturated/α-hetero) is 1. The van der Waals surface area contributed by atoms with Crippen LogP contribution in [0.3, 0.4) is 0 Å². The standard InChI is InChI=1S/C46H55N3O15Si/c1-27(50)23-24-36(54)62-41-39(57-28(2)51)35(26-56-65(46(5,6)7,32-19-13-9-14-20-32)33-21-15-10-16-22-33)61-45(42(41)58-29(3)52)64-40-37(48-49-47)44(59-30(4)53)60-34-25-55-43(63-38(34)40)31-17-11-8-12-18-31/h8-22,34-35,37-45H,23-26H2,1-7H3/t34-,35-,37-,38-,39+,40-,41+,42-,43-,44-,45+/m1/s1. The van der Waals surface area contributed by atoms with Crippen LogP contribution in [0, 0.1) is 0 Å². The first-order valence-electron chi connectivity index (χ1n) is 21.3. The minimum Gasteiger partial charge on any atom is -0.456 e. The van der Waals surface area contributed by atoms with Crippen molar-refractivity contribution < 1.29 is 71.0 Å². The van der Waals surface area contributed by atoms with Crippen molar-refractivity contribution in [1.82, 2.24) is 0 Å². The number of nitrogens with zero attached hydrogens (tertiary/aromatic N) is 3. The van der Waals surface area contributed by atoms with Gasteiger partial charge in [0.05, 0.1) is 19.6 Å². The summed E-state index contributed by atoms with van der Waals surface area (Å²) in [5.74, 6) is -3.58. The van der Waals surface area contributed by atoms with Crippen molar-refractivity contribution in [2.24, 2.45) is 5.11 Å². The summed E-state index contributed by atoms with van der Waals surface area (Å²) < 4.78 is 62.8. The number of fused-ring (bicyclic) bond motifs is 1. The van der Waals surface area contributed by atoms with E-state index in [1.807, 2.05) is 66.7 Å². The van der Waals surface area contributed by atoms with Gasteiger partial charge in [0.25, 0.3) is 8.32 Å². The van der Waals surface area contributed by atoms with Crippen molar-refractivity contribution in [2.45, 2.75) is 134 Å². The molecule has 18 nitrogen and oxygen atoms in total. The predicted molar refractivity (Wildman–Crippen MR) is 231 cm³/mol. The lowest BCUT2D eigenvalue weighted by Crippen LogP contribution is -2.69. The van der Waals surface area contributed by atoms with Gasteiger partial charge in [-0.2, -0.15) is 0 Å². The molecule has 0 spiro atoms. The van der Waals surface area contributed by atoms with Crippen molar-refractivity contribution in [1.29, 1.82) is 0 Å². The van der Waals surface area contributed by atoms with Gasteiger partial charge in [-0.3, -0.25) is 19.2 Å². The highest BCUT2D eigenvalue weighted by molar-refractivity contribution is 6.99. The van der Waals surface area contributed by atoms with Gasteiger partial charge >= 0.3 is 23.9 Å². The first-order chi connectivity index (χ1) is 31.0.